The van der Waals surface area contributed by atoms with Gasteiger partial charge < -0.3 is 9.47 Å². The number of Topliss-reactive ketones (excluding diaryl/α,β-unsaturated/α-hetero) is 2. The van der Waals surface area contributed by atoms with Gasteiger partial charge in [0.05, 0.1) is 30.5 Å². The van der Waals surface area contributed by atoms with Crippen LogP contribution in [0, 0.1) is 11.8 Å². The van der Waals surface area contributed by atoms with Gasteiger partial charge >= 0.3 is 0 Å². The average Bonchev–Trinajstić information content (AvgIpc) is 2.58. The fraction of sp³-hybridized carbons (Fsp3) is 0.778. The van der Waals surface area contributed by atoms with Crippen LogP contribution in [0.2, 0.25) is 0 Å². The summed E-state index contributed by atoms with van der Waals surface area (Å²) in [6.45, 7) is 0. The van der Waals surface area contributed by atoms with E-state index in [9.17, 15) is 9.59 Å². The molecule has 3 heterocycles. The molecule has 0 radical (unpaired) electrons. The highest BCUT2D eigenvalue weighted by Gasteiger charge is 2.73. The van der Waals surface area contributed by atoms with Crippen molar-refractivity contribution < 1.29 is 19.1 Å². The van der Waals surface area contributed by atoms with E-state index in [1.807, 2.05) is 0 Å². The molecule has 68 valence electrons. The Kier molecular flexibility index (Phi) is 0.883. The summed E-state index contributed by atoms with van der Waals surface area (Å²) in [6, 6.07) is 0. The Morgan fingerprint density at radius 2 is 1.31 bits per heavy atom. The lowest BCUT2D eigenvalue weighted by Gasteiger charge is -2.13. The lowest BCUT2D eigenvalue weighted by molar-refractivity contribution is -0.126. The zero-order valence-corrected chi connectivity index (χ0v) is 6.80. The smallest absolute Gasteiger partial charge is 0.146 e. The van der Waals surface area contributed by atoms with Gasteiger partial charge in [0.15, 0.2) is 0 Å². The topological polar surface area (TPSA) is 55.9 Å². The molecule has 13 heavy (non-hydrogen) atoms. The number of carbonyl (C=O) groups excluding carboxylic acids is 2. The van der Waals surface area contributed by atoms with Gasteiger partial charge in [-0.05, 0) is 0 Å². The predicted octanol–water partition coefficient (Wildman–Crippen LogP) is -0.691. The van der Waals surface area contributed by atoms with E-state index in [-0.39, 0.29) is 54.2 Å². The summed E-state index contributed by atoms with van der Waals surface area (Å²) in [6.07, 6.45) is 0.186. The van der Waals surface area contributed by atoms with Crippen LogP contribution in [0.15, 0.2) is 0 Å². The minimum Gasteiger partial charge on any atom is -0.368 e. The molecule has 0 aromatic rings. The van der Waals surface area contributed by atoms with Crippen molar-refractivity contribution in [3.05, 3.63) is 0 Å². The van der Waals surface area contributed by atoms with E-state index in [1.54, 1.807) is 0 Å². The summed E-state index contributed by atoms with van der Waals surface area (Å²) >= 11 is 0. The van der Waals surface area contributed by atoms with Crippen LogP contribution in [0.5, 0.6) is 0 Å². The monoisotopic (exact) mass is 180 g/mol. The highest BCUT2D eigenvalue weighted by molar-refractivity contribution is 6.09. The number of ether oxygens (including phenoxy) is 2. The molecule has 3 saturated heterocycles. The first kappa shape index (κ1) is 6.68. The summed E-state index contributed by atoms with van der Waals surface area (Å²) < 4.78 is 10.9. The second kappa shape index (κ2) is 1.72. The Morgan fingerprint density at radius 1 is 0.846 bits per heavy atom. The van der Waals surface area contributed by atoms with Crippen LogP contribution in [-0.4, -0.2) is 36.0 Å². The second-order valence-corrected chi connectivity index (χ2v) is 4.29. The van der Waals surface area contributed by atoms with Crippen LogP contribution in [0.1, 0.15) is 6.42 Å². The molecule has 6 unspecified atom stereocenters. The molecule has 0 N–H and O–H groups in total. The summed E-state index contributed by atoms with van der Waals surface area (Å²) in [4.78, 5) is 22.9. The second-order valence-electron chi connectivity index (χ2n) is 4.29. The first-order chi connectivity index (χ1) is 6.27. The van der Waals surface area contributed by atoms with Gasteiger partial charge in [-0.3, -0.25) is 9.59 Å². The van der Waals surface area contributed by atoms with E-state index in [0.717, 1.165) is 0 Å². The molecule has 0 spiro atoms. The number of hydrogen-bond acceptors (Lipinski definition) is 4. The van der Waals surface area contributed by atoms with E-state index in [2.05, 4.69) is 0 Å². The summed E-state index contributed by atoms with van der Waals surface area (Å²) in [5.41, 5.74) is 0. The van der Waals surface area contributed by atoms with Crippen molar-refractivity contribution in [2.24, 2.45) is 11.8 Å². The Hall–Kier alpha value is -0.740. The van der Waals surface area contributed by atoms with Crippen LogP contribution in [0.4, 0.5) is 0 Å². The quantitative estimate of drug-likeness (QED) is 0.365. The van der Waals surface area contributed by atoms with Crippen molar-refractivity contribution >= 4 is 11.6 Å². The molecule has 3 aliphatic heterocycles. The fourth-order valence-corrected chi connectivity index (χ4v) is 3.16. The number of epoxide rings is 1. The van der Waals surface area contributed by atoms with Gasteiger partial charge in [0.1, 0.15) is 23.8 Å². The minimum absolute atomic E-state index is 0.0662. The van der Waals surface area contributed by atoms with Crippen LogP contribution in [0.3, 0.4) is 0 Å². The first-order valence-electron chi connectivity index (χ1n) is 4.64. The van der Waals surface area contributed by atoms with Gasteiger partial charge in [-0.1, -0.05) is 0 Å². The van der Waals surface area contributed by atoms with E-state index in [0.29, 0.717) is 0 Å². The molecular formula is C9H8O4. The van der Waals surface area contributed by atoms with E-state index < -0.39 is 0 Å². The Labute approximate surface area is 74.2 Å². The third kappa shape index (κ3) is 0.567. The van der Waals surface area contributed by atoms with Crippen LogP contribution in [0.25, 0.3) is 0 Å². The third-order valence-corrected chi connectivity index (χ3v) is 3.71. The zero-order valence-electron chi connectivity index (χ0n) is 6.80. The number of carbonyl (C=O) groups is 2. The van der Waals surface area contributed by atoms with Crippen molar-refractivity contribution in [1.82, 2.24) is 0 Å². The normalized spacial score (nSPS) is 61.2. The molecule has 4 heteroatoms. The van der Waals surface area contributed by atoms with Crippen LogP contribution < -0.4 is 0 Å². The largest absolute Gasteiger partial charge is 0.368 e. The Morgan fingerprint density at radius 3 is 1.85 bits per heavy atom. The molecule has 1 aliphatic carbocycles. The SMILES string of the molecule is O=C1CC(=O)C2C3OC(C4OC43)C12. The lowest BCUT2D eigenvalue weighted by Crippen LogP contribution is -2.34. The molecule has 4 aliphatic rings. The Balaban J connectivity index is 1.84. The predicted molar refractivity (Wildman–Crippen MR) is 38.9 cm³/mol. The van der Waals surface area contributed by atoms with Crippen LogP contribution in [-0.2, 0) is 19.1 Å². The van der Waals surface area contributed by atoms with Gasteiger partial charge in [-0.2, -0.15) is 0 Å². The third-order valence-electron chi connectivity index (χ3n) is 3.71. The molecule has 0 aromatic carbocycles. The number of ketones is 2. The van der Waals surface area contributed by atoms with Crippen molar-refractivity contribution in [2.45, 2.75) is 30.8 Å². The van der Waals surface area contributed by atoms with Gasteiger partial charge in [0.2, 0.25) is 0 Å². The maximum absolute atomic E-state index is 11.5. The molecule has 2 bridgehead atoms. The number of rotatable bonds is 0. The number of fused-ring (bicyclic) bond motifs is 8. The zero-order chi connectivity index (χ0) is 8.74. The first-order valence-corrected chi connectivity index (χ1v) is 4.64. The highest BCUT2D eigenvalue weighted by atomic mass is 16.7. The Bertz CT molecular complexity index is 307. The minimum atomic E-state index is -0.166. The molecule has 0 amide bonds. The molecule has 4 fully saturated rings. The fourth-order valence-electron chi connectivity index (χ4n) is 3.16. The highest BCUT2D eigenvalue weighted by Crippen LogP contribution is 2.56. The van der Waals surface area contributed by atoms with Gasteiger partial charge in [-0.25, -0.2) is 0 Å². The van der Waals surface area contributed by atoms with Gasteiger partial charge in [0, 0.05) is 0 Å². The molecule has 1 saturated carbocycles. The van der Waals surface area contributed by atoms with Crippen molar-refractivity contribution in [1.29, 1.82) is 0 Å². The summed E-state index contributed by atoms with van der Waals surface area (Å²) in [5.74, 6) is -0.199. The maximum atomic E-state index is 11.5. The van der Waals surface area contributed by atoms with E-state index >= 15 is 0 Å². The summed E-state index contributed by atoms with van der Waals surface area (Å²) in [5, 5.41) is 0. The van der Waals surface area contributed by atoms with Gasteiger partial charge in [-0.15, -0.1) is 0 Å². The standard InChI is InChI=1S/C9H8O4/c10-2-1-3(11)5-4(2)6-8-9(13-8)7(5)12-6/h4-9H,1H2. The molecule has 0 aromatic heterocycles. The van der Waals surface area contributed by atoms with Crippen molar-refractivity contribution in [2.75, 3.05) is 0 Å². The molecular weight excluding hydrogens is 172 g/mol. The summed E-state index contributed by atoms with van der Waals surface area (Å²) in [7, 11) is 0. The average molecular weight is 180 g/mol. The van der Waals surface area contributed by atoms with Crippen molar-refractivity contribution in [3.63, 3.8) is 0 Å². The molecule has 4 rings (SSSR count). The molecule has 6 atom stereocenters. The number of hydrogen-bond donors (Lipinski definition) is 0. The van der Waals surface area contributed by atoms with E-state index in [1.165, 1.54) is 0 Å². The van der Waals surface area contributed by atoms with Crippen molar-refractivity contribution in [3.8, 4) is 0 Å². The maximum Gasteiger partial charge on any atom is 0.146 e. The lowest BCUT2D eigenvalue weighted by atomic mass is 9.81. The molecule has 4 nitrogen and oxygen atoms in total. The van der Waals surface area contributed by atoms with Gasteiger partial charge in [0.25, 0.3) is 0 Å². The van der Waals surface area contributed by atoms with E-state index in [4.69, 9.17) is 9.47 Å². The van der Waals surface area contributed by atoms with Crippen LogP contribution >= 0.6 is 0 Å².